The molecule has 0 radical (unpaired) electrons. The molecule has 1 fully saturated rings. The van der Waals surface area contributed by atoms with Crippen molar-refractivity contribution in [2.24, 2.45) is 0 Å². The highest BCUT2D eigenvalue weighted by Gasteiger charge is 2.30. The zero-order valence-corrected chi connectivity index (χ0v) is 13.8. The third-order valence-electron chi connectivity index (χ3n) is 4.10. The van der Waals surface area contributed by atoms with Crippen molar-refractivity contribution < 1.29 is 22.3 Å². The van der Waals surface area contributed by atoms with Crippen LogP contribution in [-0.2, 0) is 17.5 Å². The number of halogens is 4. The average Bonchev–Trinajstić information content (AvgIpc) is 2.62. The Labute approximate surface area is 147 Å². The van der Waals surface area contributed by atoms with Gasteiger partial charge < -0.3 is 15.4 Å². The molecule has 26 heavy (non-hydrogen) atoms. The third-order valence-corrected chi connectivity index (χ3v) is 4.10. The van der Waals surface area contributed by atoms with Crippen molar-refractivity contribution in [3.8, 4) is 0 Å². The van der Waals surface area contributed by atoms with E-state index in [9.17, 15) is 17.6 Å². The molecule has 0 aliphatic carbocycles. The summed E-state index contributed by atoms with van der Waals surface area (Å²) in [5.74, 6) is -0.226. The molecule has 1 aliphatic rings. The fraction of sp³-hybridized carbons (Fsp3) is 0.412. The third kappa shape index (κ3) is 4.89. The van der Waals surface area contributed by atoms with Gasteiger partial charge in [-0.3, -0.25) is 0 Å². The highest BCUT2D eigenvalue weighted by atomic mass is 19.4. The molecule has 1 aromatic carbocycles. The molecule has 0 spiro atoms. The second-order valence-electron chi connectivity index (χ2n) is 6.01. The van der Waals surface area contributed by atoms with E-state index in [0.717, 1.165) is 37.5 Å². The quantitative estimate of drug-likeness (QED) is 0.793. The molecule has 0 unspecified atom stereocenters. The summed E-state index contributed by atoms with van der Waals surface area (Å²) in [4.78, 5) is 7.74. The number of aromatic nitrogens is 2. The number of alkyl halides is 3. The van der Waals surface area contributed by atoms with E-state index in [1.165, 1.54) is 12.1 Å². The van der Waals surface area contributed by atoms with Crippen LogP contribution in [-0.4, -0.2) is 35.2 Å². The molecule has 2 N–H and O–H groups in total. The van der Waals surface area contributed by atoms with Crippen molar-refractivity contribution in [2.75, 3.05) is 18.4 Å². The van der Waals surface area contributed by atoms with Crippen molar-refractivity contribution in [2.45, 2.75) is 31.3 Å². The standard InChI is InChI=1S/C17H18F4N4O/c18-13-7-23-16(24-8-13)25-14-9-22-6-5-15(14)26-10-11-1-3-12(4-2-11)17(19,20)21/h1-4,7-8,14-15,22H,5-6,9-10H2,(H,23,24,25)/t14-,15-/m1/s1. The predicted octanol–water partition coefficient (Wildman–Crippen LogP) is 2.99. The first-order valence-electron chi connectivity index (χ1n) is 8.14. The minimum absolute atomic E-state index is 0.136. The molecule has 5 nitrogen and oxygen atoms in total. The number of anilines is 1. The summed E-state index contributed by atoms with van der Waals surface area (Å²) in [5, 5.41) is 6.32. The minimum Gasteiger partial charge on any atom is -0.371 e. The highest BCUT2D eigenvalue weighted by Crippen LogP contribution is 2.29. The lowest BCUT2D eigenvalue weighted by molar-refractivity contribution is -0.137. The molecule has 3 rings (SSSR count). The molecular weight excluding hydrogens is 352 g/mol. The fourth-order valence-corrected chi connectivity index (χ4v) is 2.72. The van der Waals surface area contributed by atoms with E-state index in [0.29, 0.717) is 18.1 Å². The Morgan fingerprint density at radius 3 is 2.50 bits per heavy atom. The smallest absolute Gasteiger partial charge is 0.371 e. The van der Waals surface area contributed by atoms with Crippen molar-refractivity contribution in [1.29, 1.82) is 0 Å². The molecular formula is C17H18F4N4O. The van der Waals surface area contributed by atoms with Crippen molar-refractivity contribution in [3.63, 3.8) is 0 Å². The van der Waals surface area contributed by atoms with Gasteiger partial charge in [0, 0.05) is 6.54 Å². The van der Waals surface area contributed by atoms with Crippen LogP contribution in [0.2, 0.25) is 0 Å². The van der Waals surface area contributed by atoms with Crippen molar-refractivity contribution in [3.05, 3.63) is 53.6 Å². The summed E-state index contributed by atoms with van der Waals surface area (Å²) in [7, 11) is 0. The Hall–Kier alpha value is -2.26. The van der Waals surface area contributed by atoms with Crippen LogP contribution in [0, 0.1) is 5.82 Å². The second-order valence-corrected chi connectivity index (χ2v) is 6.01. The van der Waals surface area contributed by atoms with Crippen LogP contribution in [0.3, 0.4) is 0 Å². The molecule has 0 saturated carbocycles. The van der Waals surface area contributed by atoms with Gasteiger partial charge in [0.25, 0.3) is 0 Å². The number of piperidine rings is 1. The van der Waals surface area contributed by atoms with Gasteiger partial charge in [0.1, 0.15) is 0 Å². The van der Waals surface area contributed by atoms with E-state index < -0.39 is 17.6 Å². The molecule has 1 aliphatic heterocycles. The fourth-order valence-electron chi connectivity index (χ4n) is 2.72. The molecule has 0 bridgehead atoms. The molecule has 2 heterocycles. The van der Waals surface area contributed by atoms with Crippen LogP contribution in [0.5, 0.6) is 0 Å². The molecule has 1 aromatic heterocycles. The number of ether oxygens (including phenoxy) is 1. The van der Waals surface area contributed by atoms with Gasteiger partial charge in [-0.25, -0.2) is 14.4 Å². The summed E-state index contributed by atoms with van der Waals surface area (Å²) in [6.45, 7) is 1.57. The molecule has 2 aromatic rings. The Morgan fingerprint density at radius 1 is 1.15 bits per heavy atom. The lowest BCUT2D eigenvalue weighted by atomic mass is 10.0. The molecule has 1 saturated heterocycles. The maximum atomic E-state index is 12.9. The number of hydrogen-bond donors (Lipinski definition) is 2. The number of benzene rings is 1. The first kappa shape index (κ1) is 18.5. The summed E-state index contributed by atoms with van der Waals surface area (Å²) < 4.78 is 56.6. The van der Waals surface area contributed by atoms with Gasteiger partial charge in [-0.15, -0.1) is 0 Å². The van der Waals surface area contributed by atoms with Gasteiger partial charge >= 0.3 is 6.18 Å². The largest absolute Gasteiger partial charge is 0.416 e. The van der Waals surface area contributed by atoms with Crippen LogP contribution < -0.4 is 10.6 Å². The van der Waals surface area contributed by atoms with E-state index in [2.05, 4.69) is 20.6 Å². The molecule has 2 atom stereocenters. The molecule has 9 heteroatoms. The van der Waals surface area contributed by atoms with Gasteiger partial charge in [-0.1, -0.05) is 12.1 Å². The SMILES string of the molecule is Fc1cnc(N[C@@H]2CNCC[C@H]2OCc2ccc(C(F)(F)F)cc2)nc1. The first-order chi connectivity index (χ1) is 12.4. The van der Waals surface area contributed by atoms with Gasteiger partial charge in [-0.2, -0.15) is 13.2 Å². The zero-order valence-electron chi connectivity index (χ0n) is 13.8. The van der Waals surface area contributed by atoms with Crippen molar-refractivity contribution in [1.82, 2.24) is 15.3 Å². The second kappa shape index (κ2) is 7.96. The number of nitrogens with zero attached hydrogens (tertiary/aromatic N) is 2. The van der Waals surface area contributed by atoms with Crippen LogP contribution in [0.4, 0.5) is 23.5 Å². The Bertz CT molecular complexity index is 706. The van der Waals surface area contributed by atoms with Gasteiger partial charge in [0.2, 0.25) is 5.95 Å². The van der Waals surface area contributed by atoms with Gasteiger partial charge in [0.15, 0.2) is 5.82 Å². The van der Waals surface area contributed by atoms with Crippen LogP contribution in [0.25, 0.3) is 0 Å². The lowest BCUT2D eigenvalue weighted by Gasteiger charge is -2.32. The average molecular weight is 370 g/mol. The van der Waals surface area contributed by atoms with Gasteiger partial charge in [-0.05, 0) is 30.7 Å². The summed E-state index contributed by atoms with van der Waals surface area (Å²) in [5.41, 5.74) is -0.0237. The zero-order chi connectivity index (χ0) is 18.6. The normalized spacial score (nSPS) is 20.8. The summed E-state index contributed by atoms with van der Waals surface area (Å²) >= 11 is 0. The topological polar surface area (TPSA) is 59.1 Å². The lowest BCUT2D eigenvalue weighted by Crippen LogP contribution is -2.49. The van der Waals surface area contributed by atoms with Crippen LogP contribution >= 0.6 is 0 Å². The van der Waals surface area contributed by atoms with Crippen molar-refractivity contribution >= 4 is 5.95 Å². The minimum atomic E-state index is -4.35. The monoisotopic (exact) mass is 370 g/mol. The van der Waals surface area contributed by atoms with E-state index in [-0.39, 0.29) is 18.8 Å². The Kier molecular flexibility index (Phi) is 5.67. The van der Waals surface area contributed by atoms with Crippen LogP contribution in [0.15, 0.2) is 36.7 Å². The number of nitrogens with one attached hydrogen (secondary N) is 2. The summed E-state index contributed by atoms with van der Waals surface area (Å²) in [6, 6.07) is 4.78. The van der Waals surface area contributed by atoms with E-state index in [1.54, 1.807) is 0 Å². The van der Waals surface area contributed by atoms with Gasteiger partial charge in [0.05, 0.1) is 36.7 Å². The summed E-state index contributed by atoms with van der Waals surface area (Å²) in [6.07, 6.45) is -1.65. The number of hydrogen-bond acceptors (Lipinski definition) is 5. The maximum absolute atomic E-state index is 12.9. The van der Waals surface area contributed by atoms with E-state index >= 15 is 0 Å². The Morgan fingerprint density at radius 2 is 1.85 bits per heavy atom. The highest BCUT2D eigenvalue weighted by molar-refractivity contribution is 5.26. The van der Waals surface area contributed by atoms with E-state index in [1.807, 2.05) is 0 Å². The van der Waals surface area contributed by atoms with E-state index in [4.69, 9.17) is 4.74 Å². The molecule has 140 valence electrons. The van der Waals surface area contributed by atoms with Crippen LogP contribution in [0.1, 0.15) is 17.5 Å². The predicted molar refractivity (Wildman–Crippen MR) is 86.9 cm³/mol. The number of rotatable bonds is 5. The first-order valence-corrected chi connectivity index (χ1v) is 8.14. The Balaban J connectivity index is 1.59. The molecule has 0 amide bonds. The maximum Gasteiger partial charge on any atom is 0.416 e.